The van der Waals surface area contributed by atoms with E-state index in [4.69, 9.17) is 9.68 Å². The maximum atomic E-state index is 13.2. The molecule has 2 saturated heterocycles. The van der Waals surface area contributed by atoms with Crippen LogP contribution in [0.2, 0.25) is 0 Å². The molecule has 18 nitrogen and oxygen atoms in total. The molecule has 0 atom stereocenters. The van der Waals surface area contributed by atoms with Crippen LogP contribution in [0.25, 0.3) is 0 Å². The Kier molecular flexibility index (Phi) is 14.6. The number of benzene rings is 2. The van der Waals surface area contributed by atoms with Gasteiger partial charge in [-0.2, -0.15) is 4.58 Å². The third-order valence-corrected chi connectivity index (χ3v) is 12.8. The number of hydrogen-bond donors (Lipinski definition) is 0. The molecule has 4 aliphatic rings. The van der Waals surface area contributed by atoms with Gasteiger partial charge in [0.05, 0.1) is 36.8 Å². The molecule has 326 valence electrons. The van der Waals surface area contributed by atoms with Gasteiger partial charge in [-0.25, -0.2) is 26.4 Å². The van der Waals surface area contributed by atoms with Crippen LogP contribution in [0, 0.1) is 0 Å². The monoisotopic (exact) mass is 904 g/mol. The molecular formula is C41H45N4NaO14S2. The van der Waals surface area contributed by atoms with Crippen molar-refractivity contribution in [1.82, 2.24) is 10.1 Å². The van der Waals surface area contributed by atoms with E-state index in [0.717, 1.165) is 11.4 Å². The Balaban J connectivity index is 0.00000726. The van der Waals surface area contributed by atoms with Gasteiger partial charge in [-0.3, -0.25) is 19.2 Å². The number of hydrogen-bond acceptors (Lipinski definition) is 15. The molecule has 2 aromatic rings. The number of carbonyl (C=O) groups excluding carboxylic acids is 6. The molecule has 62 heavy (non-hydrogen) atoms. The molecule has 0 unspecified atom stereocenters. The van der Waals surface area contributed by atoms with E-state index in [-0.39, 0.29) is 79.2 Å². The fourth-order valence-corrected chi connectivity index (χ4v) is 9.12. The summed E-state index contributed by atoms with van der Waals surface area (Å²) in [5.41, 5.74) is 2.78. The van der Waals surface area contributed by atoms with E-state index in [2.05, 4.69) is 0 Å². The molecule has 6 rings (SSSR count). The van der Waals surface area contributed by atoms with E-state index in [1.807, 2.05) is 49.3 Å². The predicted octanol–water partition coefficient (Wildman–Crippen LogP) is 0.397. The Bertz CT molecular complexity index is 2520. The summed E-state index contributed by atoms with van der Waals surface area (Å²) >= 11 is 0. The minimum Gasteiger partial charge on any atom is -0.748 e. The molecule has 4 aliphatic heterocycles. The standard InChI is InChI=1S/C41H46N4O14S2.Na/c1-40(2)28-24-26(38(50)58-44-34(46)16-17-35(44)47)12-14-30(28)42(20-5-7-22-60(52,53)54)32(40)10-9-11-33-41(3,4)29-25-27(39(51)59-45-36(48)18-19-37(45)49)13-15-31(29)43(33)21-6-8-23-61(55,56)57;/h9-15,24-25H,5-8,16-23H2,1-4H3,(H-,52,53,54,55,56,57);/q;+1/p-1. The average Bonchev–Trinajstić information content (AvgIpc) is 3.81. The van der Waals surface area contributed by atoms with Crippen molar-refractivity contribution in [2.45, 2.75) is 89.9 Å². The number of amides is 4. The van der Waals surface area contributed by atoms with Crippen molar-refractivity contribution in [3.8, 4) is 0 Å². The normalized spacial score (nSPS) is 18.9. The first-order valence-corrected chi connectivity index (χ1v) is 22.8. The maximum absolute atomic E-state index is 13.2. The number of nitrogens with zero attached hydrogens (tertiary/aromatic N) is 4. The average molecular weight is 905 g/mol. The zero-order valence-corrected chi connectivity index (χ0v) is 38.6. The summed E-state index contributed by atoms with van der Waals surface area (Å²) in [5.74, 6) is -5.42. The Labute approximate surface area is 381 Å². The van der Waals surface area contributed by atoms with Gasteiger partial charge >= 0.3 is 41.5 Å². The first-order chi connectivity index (χ1) is 28.5. The fourth-order valence-electron chi connectivity index (χ4n) is 8.00. The molecule has 0 N–H and O–H groups in total. The van der Waals surface area contributed by atoms with Crippen LogP contribution in [-0.4, -0.2) is 107 Å². The quantitative estimate of drug-likeness (QED) is 0.0727. The van der Waals surface area contributed by atoms with E-state index in [9.17, 15) is 54.7 Å². The zero-order valence-electron chi connectivity index (χ0n) is 35.0. The third kappa shape index (κ3) is 10.4. The number of unbranched alkanes of at least 4 members (excludes halogenated alkanes) is 2. The first-order valence-electron chi connectivity index (χ1n) is 19.6. The molecule has 2 fully saturated rings. The van der Waals surface area contributed by atoms with E-state index in [1.54, 1.807) is 30.3 Å². The second-order valence-electron chi connectivity index (χ2n) is 16.2. The SMILES string of the molecule is CC1(C)C(/C=C/C=C2/N(CCCCS(=O)(=O)[O-])c3ccc(C(=O)ON4C(=O)CCC4=O)cc3C2(C)C)=[N+](CCCCS(=O)(=O)[O-])c2ccc(C(=O)ON3C(=O)CCC3=O)cc21.[Na+]. The van der Waals surface area contributed by atoms with Gasteiger partial charge < -0.3 is 23.7 Å². The number of rotatable bonds is 16. The van der Waals surface area contributed by atoms with Crippen LogP contribution in [0.15, 0.2) is 60.3 Å². The first kappa shape index (κ1) is 48.5. The minimum absolute atomic E-state index is 0. The number of allylic oxidation sites excluding steroid dienone is 4. The molecule has 4 heterocycles. The number of anilines is 1. The maximum Gasteiger partial charge on any atom is 1.00 e. The summed E-state index contributed by atoms with van der Waals surface area (Å²) in [5, 5.41) is 0.933. The second-order valence-corrected chi connectivity index (χ2v) is 19.2. The summed E-state index contributed by atoms with van der Waals surface area (Å²) in [6, 6.07) is 9.56. The van der Waals surface area contributed by atoms with Crippen LogP contribution in [0.4, 0.5) is 11.4 Å². The third-order valence-electron chi connectivity index (χ3n) is 11.2. The Morgan fingerprint density at radius 1 is 0.710 bits per heavy atom. The fraction of sp³-hybridized carbons (Fsp3) is 0.439. The largest absolute Gasteiger partial charge is 1.00 e. The molecule has 21 heteroatoms. The molecular weight excluding hydrogens is 860 g/mol. The van der Waals surface area contributed by atoms with Crippen molar-refractivity contribution in [3.63, 3.8) is 0 Å². The van der Waals surface area contributed by atoms with Crippen LogP contribution in [0.3, 0.4) is 0 Å². The van der Waals surface area contributed by atoms with Gasteiger partial charge in [-0.1, -0.05) is 19.9 Å². The summed E-state index contributed by atoms with van der Waals surface area (Å²) in [6.45, 7) is 8.25. The van der Waals surface area contributed by atoms with Crippen LogP contribution in [-0.2, 0) is 59.9 Å². The molecule has 0 spiro atoms. The number of carbonyl (C=O) groups is 6. The van der Waals surface area contributed by atoms with Crippen molar-refractivity contribution >= 4 is 72.9 Å². The summed E-state index contributed by atoms with van der Waals surface area (Å²) < 4.78 is 70.3. The molecule has 2 aromatic carbocycles. The smallest absolute Gasteiger partial charge is 0.748 e. The Hall–Kier alpha value is -4.57. The molecule has 0 saturated carbocycles. The van der Waals surface area contributed by atoms with E-state index in [0.29, 0.717) is 58.6 Å². The Morgan fingerprint density at radius 3 is 1.71 bits per heavy atom. The van der Waals surface area contributed by atoms with Crippen molar-refractivity contribution in [2.24, 2.45) is 0 Å². The molecule has 4 amide bonds. The van der Waals surface area contributed by atoms with Gasteiger partial charge in [0, 0.05) is 84.7 Å². The van der Waals surface area contributed by atoms with Crippen LogP contribution < -0.4 is 34.5 Å². The van der Waals surface area contributed by atoms with Crippen LogP contribution in [0.5, 0.6) is 0 Å². The minimum atomic E-state index is -4.45. The molecule has 0 aliphatic carbocycles. The van der Waals surface area contributed by atoms with Crippen molar-refractivity contribution < 1.29 is 98.5 Å². The summed E-state index contributed by atoms with van der Waals surface area (Å²) in [7, 11) is -8.90. The number of fused-ring (bicyclic) bond motifs is 2. The van der Waals surface area contributed by atoms with Gasteiger partial charge in [0.25, 0.3) is 23.6 Å². The second kappa shape index (κ2) is 18.6. The van der Waals surface area contributed by atoms with Gasteiger partial charge in [0.2, 0.25) is 5.69 Å². The van der Waals surface area contributed by atoms with E-state index in [1.165, 1.54) is 12.1 Å². The van der Waals surface area contributed by atoms with E-state index >= 15 is 0 Å². The topological polar surface area (TPSA) is 248 Å². The summed E-state index contributed by atoms with van der Waals surface area (Å²) in [4.78, 5) is 87.1. The van der Waals surface area contributed by atoms with Crippen molar-refractivity contribution in [3.05, 3.63) is 82.6 Å². The van der Waals surface area contributed by atoms with Crippen LogP contribution in [0.1, 0.15) is 111 Å². The van der Waals surface area contributed by atoms with Crippen molar-refractivity contribution in [1.29, 1.82) is 0 Å². The van der Waals surface area contributed by atoms with Gasteiger partial charge in [-0.15, -0.1) is 10.1 Å². The molecule has 0 aromatic heterocycles. The molecule has 0 radical (unpaired) electrons. The van der Waals surface area contributed by atoms with E-state index < -0.39 is 78.1 Å². The summed E-state index contributed by atoms with van der Waals surface area (Å²) in [6.07, 6.45) is 6.05. The Morgan fingerprint density at radius 2 is 1.19 bits per heavy atom. The van der Waals surface area contributed by atoms with Gasteiger partial charge in [0.1, 0.15) is 6.54 Å². The van der Waals surface area contributed by atoms with Crippen LogP contribution >= 0.6 is 0 Å². The number of hydroxylamine groups is 4. The van der Waals surface area contributed by atoms with Crippen molar-refractivity contribution in [2.75, 3.05) is 29.5 Å². The van der Waals surface area contributed by atoms with Gasteiger partial charge in [-0.05, 0) is 75.1 Å². The molecule has 0 bridgehead atoms. The predicted molar refractivity (Wildman–Crippen MR) is 214 cm³/mol. The number of imide groups is 2. The van der Waals surface area contributed by atoms with Gasteiger partial charge in [0.15, 0.2) is 5.71 Å². The zero-order chi connectivity index (χ0) is 44.7.